The van der Waals surface area contributed by atoms with Crippen LogP contribution in [0.25, 0.3) is 0 Å². The molecule has 1 heterocycles. The molecular formula is C21H34N4OS. The van der Waals surface area contributed by atoms with Crippen LogP contribution in [-0.4, -0.2) is 54.5 Å². The zero-order valence-corrected chi connectivity index (χ0v) is 18.3. The lowest BCUT2D eigenvalue weighted by Gasteiger charge is -2.16. The molecule has 1 amide bonds. The van der Waals surface area contributed by atoms with Crippen LogP contribution in [-0.2, 0) is 11.2 Å². The second-order valence-corrected chi connectivity index (χ2v) is 9.00. The molecule has 2 unspecified atom stereocenters. The van der Waals surface area contributed by atoms with Crippen LogP contribution in [0.1, 0.15) is 37.5 Å². The molecule has 0 bridgehead atoms. The fraction of sp³-hybridized carbons (Fsp3) is 0.619. The lowest BCUT2D eigenvalue weighted by Crippen LogP contribution is -2.45. The Morgan fingerprint density at radius 1 is 1.41 bits per heavy atom. The number of amides is 1. The van der Waals surface area contributed by atoms with Crippen LogP contribution in [0.5, 0.6) is 0 Å². The molecule has 2 rings (SSSR count). The quantitative estimate of drug-likeness (QED) is 0.528. The molecule has 1 fully saturated rings. The van der Waals surface area contributed by atoms with Gasteiger partial charge in [-0.15, -0.1) is 11.8 Å². The van der Waals surface area contributed by atoms with Crippen molar-refractivity contribution in [2.24, 2.45) is 10.9 Å². The van der Waals surface area contributed by atoms with Crippen molar-refractivity contribution in [3.05, 3.63) is 28.8 Å². The van der Waals surface area contributed by atoms with Crippen molar-refractivity contribution in [2.45, 2.75) is 52.5 Å². The highest BCUT2D eigenvalue weighted by atomic mass is 32.2. The van der Waals surface area contributed by atoms with E-state index in [1.165, 1.54) is 16.7 Å². The highest BCUT2D eigenvalue weighted by Gasteiger charge is 2.29. The number of carbonyl (C=O) groups is 1. The molecule has 0 saturated carbocycles. The van der Waals surface area contributed by atoms with Crippen molar-refractivity contribution in [3.8, 4) is 0 Å². The predicted octanol–water partition coefficient (Wildman–Crippen LogP) is 3.26. The Balaban J connectivity index is 1.97. The van der Waals surface area contributed by atoms with Crippen molar-refractivity contribution in [2.75, 3.05) is 25.9 Å². The van der Waals surface area contributed by atoms with Gasteiger partial charge in [-0.2, -0.15) is 0 Å². The highest BCUT2D eigenvalue weighted by Crippen LogP contribution is 2.28. The molecule has 27 heavy (non-hydrogen) atoms. The summed E-state index contributed by atoms with van der Waals surface area (Å²) >= 11 is 1.84. The fourth-order valence-electron chi connectivity index (χ4n) is 2.89. The van der Waals surface area contributed by atoms with E-state index < -0.39 is 0 Å². The molecule has 1 aliphatic heterocycles. The molecular weight excluding hydrogens is 356 g/mol. The molecule has 2 atom stereocenters. The molecule has 1 saturated heterocycles. The summed E-state index contributed by atoms with van der Waals surface area (Å²) in [4.78, 5) is 18.9. The first-order chi connectivity index (χ1) is 12.8. The summed E-state index contributed by atoms with van der Waals surface area (Å²) in [6, 6.07) is 4.31. The Labute approximate surface area is 168 Å². The lowest BCUT2D eigenvalue weighted by molar-refractivity contribution is -0.122. The van der Waals surface area contributed by atoms with Gasteiger partial charge in [-0.3, -0.25) is 10.1 Å². The summed E-state index contributed by atoms with van der Waals surface area (Å²) in [5.41, 5.74) is 4.78. The summed E-state index contributed by atoms with van der Waals surface area (Å²) in [5, 5.41) is 6.79. The Morgan fingerprint density at radius 2 is 2.15 bits per heavy atom. The predicted molar refractivity (Wildman–Crippen MR) is 117 cm³/mol. The summed E-state index contributed by atoms with van der Waals surface area (Å²) in [6.07, 6.45) is 2.81. The molecule has 0 aromatic heterocycles. The van der Waals surface area contributed by atoms with E-state index in [0.717, 1.165) is 31.0 Å². The van der Waals surface area contributed by atoms with E-state index in [-0.39, 0.29) is 17.3 Å². The molecule has 2 N–H and O–H groups in total. The molecule has 0 aliphatic carbocycles. The van der Waals surface area contributed by atoms with E-state index in [0.29, 0.717) is 5.92 Å². The van der Waals surface area contributed by atoms with Crippen LogP contribution >= 0.6 is 11.8 Å². The van der Waals surface area contributed by atoms with Crippen molar-refractivity contribution >= 4 is 29.7 Å². The highest BCUT2D eigenvalue weighted by molar-refractivity contribution is 8.00. The van der Waals surface area contributed by atoms with Gasteiger partial charge in [-0.25, -0.2) is 4.99 Å². The zero-order chi connectivity index (χ0) is 20.0. The fourth-order valence-corrected chi connectivity index (χ4v) is 4.12. The van der Waals surface area contributed by atoms with E-state index >= 15 is 0 Å². The van der Waals surface area contributed by atoms with Crippen LogP contribution in [0.2, 0.25) is 0 Å². The van der Waals surface area contributed by atoms with Crippen LogP contribution in [0.4, 0.5) is 5.69 Å². The first kappa shape index (κ1) is 21.8. The van der Waals surface area contributed by atoms with E-state index in [2.05, 4.69) is 67.3 Å². The third-order valence-corrected chi connectivity index (χ3v) is 6.04. The van der Waals surface area contributed by atoms with Crippen molar-refractivity contribution in [1.29, 1.82) is 0 Å². The first-order valence-electron chi connectivity index (χ1n) is 9.80. The van der Waals surface area contributed by atoms with Gasteiger partial charge in [0, 0.05) is 25.9 Å². The standard InChI is InChI=1S/C21H34N4OS/c1-7-25(6)13-23-18-9-15(4)17(8-16(18)5)10-20-24-19(12-27-20)21(26)22-11-14(2)3/h8-9,13-14,19-20,24H,7,10-12H2,1-6H3,(H,22,26). The lowest BCUT2D eigenvalue weighted by atomic mass is 10.0. The SMILES string of the molecule is CCN(C)C=Nc1cc(C)c(CC2NC(C(=O)NCC(C)C)CS2)cc1C. The summed E-state index contributed by atoms with van der Waals surface area (Å²) in [5.74, 6) is 1.43. The third kappa shape index (κ3) is 6.54. The zero-order valence-electron chi connectivity index (χ0n) is 17.5. The van der Waals surface area contributed by atoms with E-state index in [4.69, 9.17) is 0 Å². The molecule has 1 aromatic carbocycles. The van der Waals surface area contributed by atoms with Gasteiger partial charge in [0.2, 0.25) is 5.91 Å². The number of rotatable bonds is 8. The van der Waals surface area contributed by atoms with Crippen LogP contribution in [0.15, 0.2) is 17.1 Å². The van der Waals surface area contributed by atoms with Gasteiger partial charge >= 0.3 is 0 Å². The number of aryl methyl sites for hydroxylation is 2. The largest absolute Gasteiger partial charge is 0.366 e. The van der Waals surface area contributed by atoms with E-state index in [1.54, 1.807) is 0 Å². The van der Waals surface area contributed by atoms with E-state index in [1.807, 2.05) is 25.1 Å². The van der Waals surface area contributed by atoms with Gasteiger partial charge in [0.25, 0.3) is 0 Å². The van der Waals surface area contributed by atoms with Crippen LogP contribution in [0.3, 0.4) is 0 Å². The second kappa shape index (κ2) is 10.1. The van der Waals surface area contributed by atoms with Crippen LogP contribution < -0.4 is 10.6 Å². The average molecular weight is 391 g/mol. The third-order valence-electron chi connectivity index (χ3n) is 4.80. The minimum Gasteiger partial charge on any atom is -0.366 e. The van der Waals surface area contributed by atoms with Gasteiger partial charge in [0.1, 0.15) is 0 Å². The normalized spacial score (nSPS) is 19.8. The van der Waals surface area contributed by atoms with Crippen molar-refractivity contribution in [3.63, 3.8) is 0 Å². The van der Waals surface area contributed by atoms with Crippen molar-refractivity contribution < 1.29 is 4.79 Å². The number of benzene rings is 1. The molecule has 0 spiro atoms. The van der Waals surface area contributed by atoms with Gasteiger partial charge < -0.3 is 10.2 Å². The maximum atomic E-state index is 12.3. The number of aliphatic imine (C=N–C) groups is 1. The molecule has 150 valence electrons. The summed E-state index contributed by atoms with van der Waals surface area (Å²) in [6.45, 7) is 12.3. The topological polar surface area (TPSA) is 56.7 Å². The van der Waals surface area contributed by atoms with Gasteiger partial charge in [0.05, 0.1) is 23.4 Å². The number of hydrogen-bond donors (Lipinski definition) is 2. The number of thioether (sulfide) groups is 1. The maximum absolute atomic E-state index is 12.3. The number of hydrogen-bond acceptors (Lipinski definition) is 4. The Morgan fingerprint density at radius 3 is 2.81 bits per heavy atom. The van der Waals surface area contributed by atoms with Gasteiger partial charge in [-0.05, 0) is 55.9 Å². The number of nitrogens with zero attached hydrogens (tertiary/aromatic N) is 2. The Kier molecular flexibility index (Phi) is 8.17. The second-order valence-electron chi connectivity index (χ2n) is 7.77. The maximum Gasteiger partial charge on any atom is 0.238 e. The Bertz CT molecular complexity index is 674. The minimum absolute atomic E-state index is 0.0893. The molecule has 6 heteroatoms. The average Bonchev–Trinajstić information content (AvgIpc) is 3.09. The van der Waals surface area contributed by atoms with Crippen LogP contribution in [0, 0.1) is 19.8 Å². The minimum atomic E-state index is -0.0893. The molecule has 5 nitrogen and oxygen atoms in total. The van der Waals surface area contributed by atoms with Crippen molar-refractivity contribution in [1.82, 2.24) is 15.5 Å². The summed E-state index contributed by atoms with van der Waals surface area (Å²) in [7, 11) is 2.02. The monoisotopic (exact) mass is 390 g/mol. The first-order valence-corrected chi connectivity index (χ1v) is 10.8. The number of carbonyl (C=O) groups excluding carboxylic acids is 1. The molecule has 1 aliphatic rings. The molecule has 0 radical (unpaired) electrons. The Hall–Kier alpha value is -1.53. The van der Waals surface area contributed by atoms with Gasteiger partial charge in [0.15, 0.2) is 0 Å². The molecule has 1 aromatic rings. The van der Waals surface area contributed by atoms with E-state index in [9.17, 15) is 4.79 Å². The smallest absolute Gasteiger partial charge is 0.238 e. The summed E-state index contributed by atoms with van der Waals surface area (Å²) < 4.78 is 0. The van der Waals surface area contributed by atoms with Gasteiger partial charge in [-0.1, -0.05) is 19.9 Å². The number of nitrogens with one attached hydrogen (secondary N) is 2.